The van der Waals surface area contributed by atoms with E-state index in [-0.39, 0.29) is 0 Å². The van der Waals surface area contributed by atoms with E-state index in [0.717, 1.165) is 0 Å². The fourth-order valence-corrected chi connectivity index (χ4v) is 1.77. The molecule has 0 unspecified atom stereocenters. The van der Waals surface area contributed by atoms with Crippen molar-refractivity contribution >= 4 is 11.2 Å². The summed E-state index contributed by atoms with van der Waals surface area (Å²) >= 11 is 0. The monoisotopic (exact) mass is 238 g/mol. The minimum absolute atomic E-state index is 0.406. The van der Waals surface area contributed by atoms with Crippen LogP contribution in [-0.4, -0.2) is 32.8 Å². The van der Waals surface area contributed by atoms with Crippen LogP contribution < -0.4 is 11.2 Å². The maximum atomic E-state index is 11.7. The quantitative estimate of drug-likeness (QED) is 0.782. The fourth-order valence-electron chi connectivity index (χ4n) is 1.77. The SMILES string of the molecule is CCn1c(=O)[nH]c(=O)c2c1ncn2CCOC. The van der Waals surface area contributed by atoms with Crippen molar-refractivity contribution in [2.24, 2.45) is 0 Å². The van der Waals surface area contributed by atoms with E-state index in [1.54, 1.807) is 18.0 Å². The molecule has 0 fully saturated rings. The van der Waals surface area contributed by atoms with Crippen LogP contribution in [0.3, 0.4) is 0 Å². The number of nitrogens with zero attached hydrogens (tertiary/aromatic N) is 3. The average Bonchev–Trinajstić information content (AvgIpc) is 2.71. The van der Waals surface area contributed by atoms with Gasteiger partial charge in [0.05, 0.1) is 12.9 Å². The molecule has 0 saturated heterocycles. The van der Waals surface area contributed by atoms with Crippen LogP contribution >= 0.6 is 0 Å². The molecule has 2 aromatic rings. The van der Waals surface area contributed by atoms with Gasteiger partial charge in [0.25, 0.3) is 5.56 Å². The second kappa shape index (κ2) is 4.54. The molecule has 0 atom stereocenters. The smallest absolute Gasteiger partial charge is 0.330 e. The lowest BCUT2D eigenvalue weighted by molar-refractivity contribution is 0.188. The van der Waals surface area contributed by atoms with Gasteiger partial charge < -0.3 is 9.30 Å². The van der Waals surface area contributed by atoms with Crippen molar-refractivity contribution in [3.63, 3.8) is 0 Å². The van der Waals surface area contributed by atoms with E-state index in [9.17, 15) is 9.59 Å². The second-order valence-electron chi connectivity index (χ2n) is 3.61. The predicted octanol–water partition coefficient (Wildman–Crippen LogP) is -0.447. The van der Waals surface area contributed by atoms with E-state index in [1.807, 2.05) is 6.92 Å². The van der Waals surface area contributed by atoms with Gasteiger partial charge in [-0.15, -0.1) is 0 Å². The van der Waals surface area contributed by atoms with Gasteiger partial charge in [-0.25, -0.2) is 9.78 Å². The Labute approximate surface area is 96.7 Å². The van der Waals surface area contributed by atoms with Crippen molar-refractivity contribution in [3.8, 4) is 0 Å². The van der Waals surface area contributed by atoms with Crippen LogP contribution in [-0.2, 0) is 17.8 Å². The molecule has 0 aliphatic heterocycles. The number of aromatic nitrogens is 4. The van der Waals surface area contributed by atoms with Crippen molar-refractivity contribution in [3.05, 3.63) is 27.2 Å². The molecule has 0 spiro atoms. The lowest BCUT2D eigenvalue weighted by Crippen LogP contribution is -2.30. The zero-order chi connectivity index (χ0) is 12.4. The van der Waals surface area contributed by atoms with E-state index in [4.69, 9.17) is 4.74 Å². The second-order valence-corrected chi connectivity index (χ2v) is 3.61. The Morgan fingerprint density at radius 1 is 1.47 bits per heavy atom. The summed E-state index contributed by atoms with van der Waals surface area (Å²) < 4.78 is 8.07. The number of ether oxygens (including phenoxy) is 1. The van der Waals surface area contributed by atoms with Gasteiger partial charge in [-0.05, 0) is 6.92 Å². The lowest BCUT2D eigenvalue weighted by atomic mass is 10.5. The summed E-state index contributed by atoms with van der Waals surface area (Å²) in [6.45, 7) is 3.30. The van der Waals surface area contributed by atoms with Crippen LogP contribution in [0.25, 0.3) is 11.2 Å². The molecule has 7 heteroatoms. The van der Waals surface area contributed by atoms with Gasteiger partial charge in [0.15, 0.2) is 11.2 Å². The molecule has 0 aromatic carbocycles. The minimum atomic E-state index is -0.429. The van der Waals surface area contributed by atoms with Crippen molar-refractivity contribution in [2.45, 2.75) is 20.0 Å². The molecule has 0 saturated carbocycles. The average molecular weight is 238 g/mol. The summed E-state index contributed by atoms with van der Waals surface area (Å²) in [5, 5.41) is 0. The number of methoxy groups -OCH3 is 1. The maximum Gasteiger partial charge on any atom is 0.330 e. The molecule has 17 heavy (non-hydrogen) atoms. The van der Waals surface area contributed by atoms with E-state index in [2.05, 4.69) is 9.97 Å². The Kier molecular flexibility index (Phi) is 3.10. The lowest BCUT2D eigenvalue weighted by Gasteiger charge is -2.04. The van der Waals surface area contributed by atoms with Crippen LogP contribution in [0.1, 0.15) is 6.92 Å². The normalized spacial score (nSPS) is 11.2. The summed E-state index contributed by atoms with van der Waals surface area (Å²) in [6.07, 6.45) is 1.55. The summed E-state index contributed by atoms with van der Waals surface area (Å²) in [4.78, 5) is 29.7. The van der Waals surface area contributed by atoms with Crippen molar-refractivity contribution in [1.82, 2.24) is 19.1 Å². The van der Waals surface area contributed by atoms with E-state index >= 15 is 0 Å². The Balaban J connectivity index is 2.68. The fraction of sp³-hybridized carbons (Fsp3) is 0.500. The molecule has 0 aliphatic rings. The maximum absolute atomic E-state index is 11.7. The first-order valence-electron chi connectivity index (χ1n) is 5.36. The topological polar surface area (TPSA) is 81.9 Å². The molecule has 92 valence electrons. The van der Waals surface area contributed by atoms with Crippen LogP contribution in [0.5, 0.6) is 0 Å². The molecule has 7 nitrogen and oxygen atoms in total. The Hall–Kier alpha value is -1.89. The molecular formula is C10H14N4O3. The predicted molar refractivity (Wildman–Crippen MR) is 62.2 cm³/mol. The Bertz CT molecular complexity index is 637. The third kappa shape index (κ3) is 1.89. The first-order chi connectivity index (χ1) is 8.19. The first kappa shape index (κ1) is 11.6. The van der Waals surface area contributed by atoms with Gasteiger partial charge in [0.1, 0.15) is 0 Å². The molecule has 2 rings (SSSR count). The number of hydrogen-bond acceptors (Lipinski definition) is 4. The highest BCUT2D eigenvalue weighted by atomic mass is 16.5. The number of H-pyrrole nitrogens is 1. The number of imidazole rings is 1. The van der Waals surface area contributed by atoms with Crippen LogP contribution in [0, 0.1) is 0 Å². The highest BCUT2D eigenvalue weighted by molar-refractivity contribution is 5.69. The van der Waals surface area contributed by atoms with E-state index in [1.165, 1.54) is 4.57 Å². The van der Waals surface area contributed by atoms with Gasteiger partial charge in [-0.3, -0.25) is 14.3 Å². The van der Waals surface area contributed by atoms with Gasteiger partial charge >= 0.3 is 5.69 Å². The largest absolute Gasteiger partial charge is 0.383 e. The number of nitrogens with one attached hydrogen (secondary N) is 1. The number of hydrogen-bond donors (Lipinski definition) is 1. The molecular weight excluding hydrogens is 224 g/mol. The summed E-state index contributed by atoms with van der Waals surface area (Å²) in [5.74, 6) is 0. The molecule has 0 amide bonds. The number of aromatic amines is 1. The third-order valence-corrected chi connectivity index (χ3v) is 2.61. The molecule has 2 heterocycles. The summed E-state index contributed by atoms with van der Waals surface area (Å²) in [5.41, 5.74) is -0.0221. The molecule has 0 bridgehead atoms. The number of fused-ring (bicyclic) bond motifs is 1. The highest BCUT2D eigenvalue weighted by Crippen LogP contribution is 2.05. The van der Waals surface area contributed by atoms with Gasteiger partial charge in [-0.2, -0.15) is 0 Å². The van der Waals surface area contributed by atoms with Gasteiger partial charge in [-0.1, -0.05) is 0 Å². The number of rotatable bonds is 4. The minimum Gasteiger partial charge on any atom is -0.383 e. The van der Waals surface area contributed by atoms with E-state index in [0.29, 0.717) is 30.9 Å². The summed E-state index contributed by atoms with van der Waals surface area (Å²) in [6, 6.07) is 0. The molecule has 2 aromatic heterocycles. The Morgan fingerprint density at radius 3 is 2.88 bits per heavy atom. The van der Waals surface area contributed by atoms with Crippen LogP contribution in [0.4, 0.5) is 0 Å². The summed E-state index contributed by atoms with van der Waals surface area (Å²) in [7, 11) is 1.59. The molecule has 1 N–H and O–H groups in total. The van der Waals surface area contributed by atoms with Crippen LogP contribution in [0.2, 0.25) is 0 Å². The Morgan fingerprint density at radius 2 is 2.24 bits per heavy atom. The van der Waals surface area contributed by atoms with E-state index < -0.39 is 11.2 Å². The molecule has 0 aliphatic carbocycles. The zero-order valence-corrected chi connectivity index (χ0v) is 9.77. The van der Waals surface area contributed by atoms with Crippen molar-refractivity contribution in [2.75, 3.05) is 13.7 Å². The van der Waals surface area contributed by atoms with Gasteiger partial charge in [0.2, 0.25) is 0 Å². The standard InChI is InChI=1S/C10H14N4O3/c1-3-14-8-7(9(15)12-10(14)16)13(6-11-8)4-5-17-2/h6H,3-5H2,1-2H3,(H,12,15,16). The zero-order valence-electron chi connectivity index (χ0n) is 9.77. The molecule has 0 radical (unpaired) electrons. The number of aryl methyl sites for hydroxylation is 1. The third-order valence-electron chi connectivity index (χ3n) is 2.61. The van der Waals surface area contributed by atoms with Gasteiger partial charge in [0, 0.05) is 20.2 Å². The van der Waals surface area contributed by atoms with Crippen molar-refractivity contribution < 1.29 is 4.74 Å². The van der Waals surface area contributed by atoms with Crippen molar-refractivity contribution in [1.29, 1.82) is 0 Å². The first-order valence-corrected chi connectivity index (χ1v) is 5.36. The highest BCUT2D eigenvalue weighted by Gasteiger charge is 2.11. The van der Waals surface area contributed by atoms with Crippen LogP contribution in [0.15, 0.2) is 15.9 Å².